The standard InChI is InChI=1S/C24H26F3N3O3/c1-15(2)23(31)30-10-4-9-29(11-12-30)22-18-14-17(32-3)6-8-20(18)33-21-7-5-16(24(25,26)27)13-19(21)28-22/h5-8,13-15H,4,9-12H2,1-3H3. The van der Waals surface area contributed by atoms with Gasteiger partial charge in [0.05, 0.1) is 18.2 Å². The summed E-state index contributed by atoms with van der Waals surface area (Å²) in [7, 11) is 1.54. The highest BCUT2D eigenvalue weighted by molar-refractivity contribution is 6.04. The first kappa shape index (κ1) is 22.9. The van der Waals surface area contributed by atoms with Gasteiger partial charge in [-0.05, 0) is 42.8 Å². The maximum absolute atomic E-state index is 13.4. The van der Waals surface area contributed by atoms with Crippen molar-refractivity contribution in [2.45, 2.75) is 26.4 Å². The number of hydrogen-bond donors (Lipinski definition) is 0. The van der Waals surface area contributed by atoms with E-state index in [2.05, 4.69) is 4.99 Å². The van der Waals surface area contributed by atoms with Gasteiger partial charge in [-0.1, -0.05) is 13.8 Å². The predicted octanol–water partition coefficient (Wildman–Crippen LogP) is 5.09. The lowest BCUT2D eigenvalue weighted by Gasteiger charge is -2.26. The lowest BCUT2D eigenvalue weighted by molar-refractivity contribution is -0.137. The number of hydrogen-bond acceptors (Lipinski definition) is 5. The Bertz CT molecular complexity index is 1080. The molecule has 2 aromatic carbocycles. The van der Waals surface area contributed by atoms with Gasteiger partial charge in [0.1, 0.15) is 23.0 Å². The molecule has 0 unspecified atom stereocenters. The molecule has 0 saturated carbocycles. The first-order chi connectivity index (χ1) is 15.7. The Kier molecular flexibility index (Phi) is 6.23. The molecule has 0 aromatic heterocycles. The fourth-order valence-corrected chi connectivity index (χ4v) is 4.02. The topological polar surface area (TPSA) is 54.4 Å². The molecule has 176 valence electrons. The second-order valence-electron chi connectivity index (χ2n) is 8.40. The molecule has 2 heterocycles. The average molecular weight is 461 g/mol. The Labute approximate surface area is 190 Å². The Morgan fingerprint density at radius 2 is 1.82 bits per heavy atom. The van der Waals surface area contributed by atoms with E-state index in [-0.39, 0.29) is 23.3 Å². The van der Waals surface area contributed by atoms with Crippen molar-refractivity contribution >= 4 is 17.4 Å². The zero-order valence-corrected chi connectivity index (χ0v) is 18.8. The van der Waals surface area contributed by atoms with E-state index in [0.717, 1.165) is 12.1 Å². The van der Waals surface area contributed by atoms with Crippen LogP contribution in [-0.2, 0) is 11.0 Å². The minimum atomic E-state index is -4.49. The average Bonchev–Trinajstić information content (AvgIpc) is 3.11. The van der Waals surface area contributed by atoms with Gasteiger partial charge in [0.2, 0.25) is 5.91 Å². The van der Waals surface area contributed by atoms with Crippen LogP contribution in [0.2, 0.25) is 0 Å². The molecule has 2 aliphatic rings. The number of methoxy groups -OCH3 is 1. The van der Waals surface area contributed by atoms with E-state index in [9.17, 15) is 18.0 Å². The number of carbonyl (C=O) groups is 1. The molecule has 0 aliphatic carbocycles. The van der Waals surface area contributed by atoms with Crippen LogP contribution in [0.5, 0.6) is 17.2 Å². The van der Waals surface area contributed by atoms with Gasteiger partial charge in [-0.2, -0.15) is 13.2 Å². The normalized spacial score (nSPS) is 16.3. The van der Waals surface area contributed by atoms with Gasteiger partial charge in [0, 0.05) is 32.1 Å². The molecule has 33 heavy (non-hydrogen) atoms. The Balaban J connectivity index is 1.77. The van der Waals surface area contributed by atoms with E-state index in [0.29, 0.717) is 55.5 Å². The van der Waals surface area contributed by atoms with Crippen LogP contribution in [-0.4, -0.2) is 54.8 Å². The lowest BCUT2D eigenvalue weighted by Crippen LogP contribution is -2.39. The first-order valence-corrected chi connectivity index (χ1v) is 10.9. The predicted molar refractivity (Wildman–Crippen MR) is 118 cm³/mol. The first-order valence-electron chi connectivity index (χ1n) is 10.9. The molecule has 1 saturated heterocycles. The van der Waals surface area contributed by atoms with Crippen molar-refractivity contribution in [1.82, 2.24) is 9.80 Å². The van der Waals surface area contributed by atoms with Gasteiger partial charge in [-0.3, -0.25) is 4.79 Å². The summed E-state index contributed by atoms with van der Waals surface area (Å²) in [4.78, 5) is 21.0. The monoisotopic (exact) mass is 461 g/mol. The van der Waals surface area contributed by atoms with Crippen molar-refractivity contribution in [1.29, 1.82) is 0 Å². The van der Waals surface area contributed by atoms with Crippen LogP contribution < -0.4 is 9.47 Å². The van der Waals surface area contributed by atoms with E-state index >= 15 is 0 Å². The maximum Gasteiger partial charge on any atom is 0.416 e. The summed E-state index contributed by atoms with van der Waals surface area (Å²) in [6.07, 6.45) is -3.78. The van der Waals surface area contributed by atoms with E-state index < -0.39 is 11.7 Å². The molecule has 0 spiro atoms. The number of amidine groups is 1. The van der Waals surface area contributed by atoms with Gasteiger partial charge in [0.25, 0.3) is 0 Å². The minimum absolute atomic E-state index is 0.0882. The van der Waals surface area contributed by atoms with Crippen LogP contribution in [0.25, 0.3) is 0 Å². The third-order valence-electron chi connectivity index (χ3n) is 5.76. The lowest BCUT2D eigenvalue weighted by atomic mass is 10.1. The zero-order chi connectivity index (χ0) is 23.8. The molecule has 0 N–H and O–H groups in total. The fraction of sp³-hybridized carbons (Fsp3) is 0.417. The fourth-order valence-electron chi connectivity index (χ4n) is 4.02. The third-order valence-corrected chi connectivity index (χ3v) is 5.76. The number of aliphatic imine (C=N–C) groups is 1. The summed E-state index contributed by atoms with van der Waals surface area (Å²) >= 11 is 0. The van der Waals surface area contributed by atoms with Crippen LogP contribution in [0.3, 0.4) is 0 Å². The summed E-state index contributed by atoms with van der Waals surface area (Å²) in [5, 5.41) is 0. The molecule has 0 atom stereocenters. The molecule has 2 aromatic rings. The second-order valence-corrected chi connectivity index (χ2v) is 8.40. The number of amides is 1. The molecule has 4 rings (SSSR count). The zero-order valence-electron chi connectivity index (χ0n) is 18.8. The number of halogens is 3. The van der Waals surface area contributed by atoms with E-state index in [1.807, 2.05) is 23.6 Å². The number of carbonyl (C=O) groups excluding carboxylic acids is 1. The summed E-state index contributed by atoms with van der Waals surface area (Å²) in [5.74, 6) is 1.80. The molecule has 0 bridgehead atoms. The highest BCUT2D eigenvalue weighted by atomic mass is 19.4. The van der Waals surface area contributed by atoms with Crippen LogP contribution >= 0.6 is 0 Å². The summed E-state index contributed by atoms with van der Waals surface area (Å²) < 4.78 is 51.4. The van der Waals surface area contributed by atoms with Crippen molar-refractivity contribution < 1.29 is 27.4 Å². The molecule has 1 fully saturated rings. The molecular formula is C24H26F3N3O3. The molecule has 1 amide bonds. The minimum Gasteiger partial charge on any atom is -0.497 e. The summed E-state index contributed by atoms with van der Waals surface area (Å²) in [5.41, 5.74) is -0.0573. The number of fused-ring (bicyclic) bond motifs is 2. The van der Waals surface area contributed by atoms with Crippen LogP contribution in [0, 0.1) is 5.92 Å². The van der Waals surface area contributed by atoms with Gasteiger partial charge < -0.3 is 19.3 Å². The molecule has 6 nitrogen and oxygen atoms in total. The number of rotatable bonds is 2. The maximum atomic E-state index is 13.4. The van der Waals surface area contributed by atoms with Crippen molar-refractivity contribution in [3.05, 3.63) is 47.5 Å². The molecule has 2 aliphatic heterocycles. The number of ether oxygens (including phenoxy) is 2. The summed E-state index contributed by atoms with van der Waals surface area (Å²) in [6.45, 7) is 5.97. The van der Waals surface area contributed by atoms with Crippen LogP contribution in [0.4, 0.5) is 18.9 Å². The second kappa shape index (κ2) is 8.96. The van der Waals surface area contributed by atoms with E-state index in [4.69, 9.17) is 9.47 Å². The Morgan fingerprint density at radius 3 is 2.52 bits per heavy atom. The molecule has 0 radical (unpaired) electrons. The van der Waals surface area contributed by atoms with Gasteiger partial charge in [-0.15, -0.1) is 0 Å². The van der Waals surface area contributed by atoms with Gasteiger partial charge in [0.15, 0.2) is 5.75 Å². The SMILES string of the molecule is COc1ccc2c(c1)C(N1CCCN(C(=O)C(C)C)CC1)=Nc1cc(C(F)(F)F)ccc1O2. The largest absolute Gasteiger partial charge is 0.497 e. The van der Waals surface area contributed by atoms with Crippen molar-refractivity contribution in [3.8, 4) is 17.2 Å². The highest BCUT2D eigenvalue weighted by Crippen LogP contribution is 2.42. The van der Waals surface area contributed by atoms with Crippen molar-refractivity contribution in [2.75, 3.05) is 33.3 Å². The van der Waals surface area contributed by atoms with Crippen LogP contribution in [0.1, 0.15) is 31.4 Å². The quantitative estimate of drug-likeness (QED) is 0.625. The van der Waals surface area contributed by atoms with Gasteiger partial charge in [-0.25, -0.2) is 4.99 Å². The summed E-state index contributed by atoms with van der Waals surface area (Å²) in [6, 6.07) is 8.52. The Morgan fingerprint density at radius 1 is 1.06 bits per heavy atom. The number of nitrogens with zero attached hydrogens (tertiary/aromatic N) is 3. The number of alkyl halides is 3. The van der Waals surface area contributed by atoms with Crippen molar-refractivity contribution in [3.63, 3.8) is 0 Å². The smallest absolute Gasteiger partial charge is 0.416 e. The Hall–Kier alpha value is -3.23. The van der Waals surface area contributed by atoms with E-state index in [1.165, 1.54) is 6.07 Å². The third kappa shape index (κ3) is 4.77. The molecule has 9 heteroatoms. The van der Waals surface area contributed by atoms with Crippen molar-refractivity contribution in [2.24, 2.45) is 10.9 Å². The van der Waals surface area contributed by atoms with Gasteiger partial charge >= 0.3 is 6.18 Å². The highest BCUT2D eigenvalue weighted by Gasteiger charge is 2.33. The van der Waals surface area contributed by atoms with Crippen LogP contribution in [0.15, 0.2) is 41.4 Å². The van der Waals surface area contributed by atoms with E-state index in [1.54, 1.807) is 25.3 Å². The molecular weight excluding hydrogens is 435 g/mol. The number of benzene rings is 2.